The van der Waals surface area contributed by atoms with E-state index in [4.69, 9.17) is 0 Å². The lowest BCUT2D eigenvalue weighted by Gasteiger charge is -2.37. The Morgan fingerprint density at radius 1 is 1.20 bits per heavy atom. The van der Waals surface area contributed by atoms with Gasteiger partial charge >= 0.3 is 6.03 Å². The van der Waals surface area contributed by atoms with Crippen LogP contribution in [0.15, 0.2) is 17.5 Å². The maximum absolute atomic E-state index is 12.7. The molecule has 1 aromatic rings. The van der Waals surface area contributed by atoms with Crippen molar-refractivity contribution in [1.29, 1.82) is 0 Å². The van der Waals surface area contributed by atoms with Crippen LogP contribution in [0.2, 0.25) is 0 Å². The summed E-state index contributed by atoms with van der Waals surface area (Å²) in [5, 5.41) is 5.06. The standard InChI is InChI=1S/C19H29N3O2S/c1-15-4-2-10-22(14-15)18(23)16-7-11-21(12-8-16)19(24)20-9-6-17-5-3-13-25-17/h3,5,13,15-16H,2,4,6-12,14H2,1H3,(H,20,24)/t15-/m0/s1. The Bertz CT molecular complexity index is 567. The van der Waals surface area contributed by atoms with Gasteiger partial charge < -0.3 is 15.1 Å². The summed E-state index contributed by atoms with van der Waals surface area (Å²) in [6.07, 6.45) is 4.82. The molecule has 3 heterocycles. The summed E-state index contributed by atoms with van der Waals surface area (Å²) >= 11 is 1.72. The highest BCUT2D eigenvalue weighted by Crippen LogP contribution is 2.23. The Morgan fingerprint density at radius 3 is 2.68 bits per heavy atom. The van der Waals surface area contributed by atoms with Crippen LogP contribution in [0.5, 0.6) is 0 Å². The van der Waals surface area contributed by atoms with Gasteiger partial charge in [0.05, 0.1) is 0 Å². The van der Waals surface area contributed by atoms with E-state index in [0.717, 1.165) is 38.8 Å². The van der Waals surface area contributed by atoms with Crippen molar-refractivity contribution in [3.05, 3.63) is 22.4 Å². The molecule has 1 N–H and O–H groups in total. The molecule has 2 saturated heterocycles. The van der Waals surface area contributed by atoms with E-state index in [1.54, 1.807) is 11.3 Å². The number of thiophene rings is 1. The molecule has 25 heavy (non-hydrogen) atoms. The first kappa shape index (κ1) is 18.2. The van der Waals surface area contributed by atoms with Crippen molar-refractivity contribution in [3.63, 3.8) is 0 Å². The SMILES string of the molecule is C[C@H]1CCCN(C(=O)C2CCN(C(=O)NCCc3cccs3)CC2)C1. The second-order valence-corrected chi connectivity index (χ2v) is 8.39. The molecule has 0 unspecified atom stereocenters. The van der Waals surface area contributed by atoms with E-state index < -0.39 is 0 Å². The predicted molar refractivity (Wildman–Crippen MR) is 101 cm³/mol. The molecule has 2 aliphatic heterocycles. The molecule has 1 atom stereocenters. The molecule has 6 heteroatoms. The Labute approximate surface area is 154 Å². The van der Waals surface area contributed by atoms with E-state index in [2.05, 4.69) is 28.6 Å². The zero-order valence-electron chi connectivity index (χ0n) is 15.1. The zero-order chi connectivity index (χ0) is 17.6. The second kappa shape index (κ2) is 8.70. The predicted octanol–water partition coefficient (Wildman–Crippen LogP) is 2.97. The molecule has 0 aliphatic carbocycles. The Morgan fingerprint density at radius 2 is 2.00 bits per heavy atom. The van der Waals surface area contributed by atoms with Crippen LogP contribution in [-0.2, 0) is 11.2 Å². The van der Waals surface area contributed by atoms with Crippen LogP contribution < -0.4 is 5.32 Å². The van der Waals surface area contributed by atoms with Crippen molar-refractivity contribution in [2.24, 2.45) is 11.8 Å². The minimum atomic E-state index is 0.00838. The lowest BCUT2D eigenvalue weighted by Crippen LogP contribution is -2.49. The fourth-order valence-corrected chi connectivity index (χ4v) is 4.55. The van der Waals surface area contributed by atoms with Crippen molar-refractivity contribution >= 4 is 23.3 Å². The highest BCUT2D eigenvalue weighted by molar-refractivity contribution is 7.09. The van der Waals surface area contributed by atoms with Crippen LogP contribution in [0.1, 0.15) is 37.5 Å². The lowest BCUT2D eigenvalue weighted by atomic mass is 9.93. The largest absolute Gasteiger partial charge is 0.342 e. The smallest absolute Gasteiger partial charge is 0.317 e. The Balaban J connectivity index is 1.38. The number of likely N-dealkylation sites (tertiary alicyclic amines) is 2. The number of amides is 3. The molecule has 2 aliphatic rings. The van der Waals surface area contributed by atoms with Crippen LogP contribution in [0.25, 0.3) is 0 Å². The fourth-order valence-electron chi connectivity index (χ4n) is 3.84. The van der Waals surface area contributed by atoms with E-state index in [1.165, 1.54) is 11.3 Å². The van der Waals surface area contributed by atoms with Crippen LogP contribution in [-0.4, -0.2) is 54.5 Å². The number of hydrogen-bond donors (Lipinski definition) is 1. The van der Waals surface area contributed by atoms with Gasteiger partial charge in [-0.2, -0.15) is 0 Å². The number of nitrogens with one attached hydrogen (secondary N) is 1. The highest BCUT2D eigenvalue weighted by atomic mass is 32.1. The number of urea groups is 1. The van der Waals surface area contributed by atoms with Crippen molar-refractivity contribution in [2.45, 2.75) is 39.0 Å². The molecule has 0 bridgehead atoms. The van der Waals surface area contributed by atoms with Crippen LogP contribution in [0, 0.1) is 11.8 Å². The number of hydrogen-bond acceptors (Lipinski definition) is 3. The van der Waals surface area contributed by atoms with Crippen molar-refractivity contribution in [3.8, 4) is 0 Å². The summed E-state index contributed by atoms with van der Waals surface area (Å²) in [5.74, 6) is 1.02. The van der Waals surface area contributed by atoms with Crippen molar-refractivity contribution < 1.29 is 9.59 Å². The van der Waals surface area contributed by atoms with Crippen molar-refractivity contribution in [2.75, 3.05) is 32.7 Å². The van der Waals surface area contributed by atoms with Gasteiger partial charge in [0, 0.05) is 43.5 Å². The molecule has 3 rings (SSSR count). The summed E-state index contributed by atoms with van der Waals surface area (Å²) in [6.45, 7) is 6.08. The molecular weight excluding hydrogens is 334 g/mol. The average Bonchev–Trinajstić information content (AvgIpc) is 3.14. The van der Waals surface area contributed by atoms with Gasteiger partial charge in [0.1, 0.15) is 0 Å². The molecular formula is C19H29N3O2S. The molecule has 0 spiro atoms. The quantitative estimate of drug-likeness (QED) is 0.894. The van der Waals surface area contributed by atoms with Gasteiger partial charge in [0.2, 0.25) is 5.91 Å². The van der Waals surface area contributed by atoms with Gasteiger partial charge in [-0.15, -0.1) is 11.3 Å². The van der Waals surface area contributed by atoms with E-state index >= 15 is 0 Å². The third-order valence-electron chi connectivity index (χ3n) is 5.33. The third-order valence-corrected chi connectivity index (χ3v) is 6.26. The summed E-state index contributed by atoms with van der Waals surface area (Å²) in [7, 11) is 0. The van der Waals surface area contributed by atoms with Gasteiger partial charge in [0.25, 0.3) is 0 Å². The molecule has 138 valence electrons. The summed E-state index contributed by atoms with van der Waals surface area (Å²) in [5.41, 5.74) is 0. The first-order valence-corrected chi connectivity index (χ1v) is 10.4. The molecule has 5 nitrogen and oxygen atoms in total. The monoisotopic (exact) mass is 363 g/mol. The molecule has 0 aromatic carbocycles. The van der Waals surface area contributed by atoms with Gasteiger partial charge in [-0.3, -0.25) is 4.79 Å². The molecule has 0 saturated carbocycles. The number of rotatable bonds is 4. The number of nitrogens with zero attached hydrogens (tertiary/aromatic N) is 2. The van der Waals surface area contributed by atoms with Gasteiger partial charge in [-0.25, -0.2) is 4.79 Å². The summed E-state index contributed by atoms with van der Waals surface area (Å²) in [4.78, 5) is 30.2. The Hall–Kier alpha value is -1.56. The minimum Gasteiger partial charge on any atom is -0.342 e. The molecule has 0 radical (unpaired) electrons. The zero-order valence-corrected chi connectivity index (χ0v) is 15.9. The maximum atomic E-state index is 12.7. The molecule has 2 fully saturated rings. The van der Waals surface area contributed by atoms with E-state index in [9.17, 15) is 9.59 Å². The number of carbonyl (C=O) groups excluding carboxylic acids is 2. The third kappa shape index (κ3) is 4.97. The number of piperidine rings is 2. The van der Waals surface area contributed by atoms with Crippen LogP contribution in [0.3, 0.4) is 0 Å². The van der Waals surface area contributed by atoms with E-state index in [0.29, 0.717) is 31.5 Å². The van der Waals surface area contributed by atoms with Gasteiger partial charge in [-0.1, -0.05) is 13.0 Å². The minimum absolute atomic E-state index is 0.00838. The maximum Gasteiger partial charge on any atom is 0.317 e. The molecule has 1 aromatic heterocycles. The number of carbonyl (C=O) groups is 2. The van der Waals surface area contributed by atoms with E-state index in [-0.39, 0.29) is 11.9 Å². The van der Waals surface area contributed by atoms with Crippen LogP contribution >= 0.6 is 11.3 Å². The first-order valence-electron chi connectivity index (χ1n) is 9.47. The summed E-state index contributed by atoms with van der Waals surface area (Å²) in [6, 6.07) is 4.14. The topological polar surface area (TPSA) is 52.7 Å². The van der Waals surface area contributed by atoms with E-state index in [1.807, 2.05) is 11.0 Å². The first-order chi connectivity index (χ1) is 12.1. The lowest BCUT2D eigenvalue weighted by molar-refractivity contribution is -0.138. The molecule has 3 amide bonds. The van der Waals surface area contributed by atoms with Gasteiger partial charge in [0.15, 0.2) is 0 Å². The van der Waals surface area contributed by atoms with Gasteiger partial charge in [-0.05, 0) is 49.5 Å². The fraction of sp³-hybridized carbons (Fsp3) is 0.684. The highest BCUT2D eigenvalue weighted by Gasteiger charge is 2.31. The normalized spacial score (nSPS) is 22.0. The van der Waals surface area contributed by atoms with Crippen LogP contribution in [0.4, 0.5) is 4.79 Å². The summed E-state index contributed by atoms with van der Waals surface area (Å²) < 4.78 is 0. The van der Waals surface area contributed by atoms with Crippen molar-refractivity contribution in [1.82, 2.24) is 15.1 Å². The second-order valence-electron chi connectivity index (χ2n) is 7.35. The average molecular weight is 364 g/mol. The Kier molecular flexibility index (Phi) is 6.34.